The minimum Gasteiger partial charge on any atom is -0.483 e. The lowest BCUT2D eigenvalue weighted by molar-refractivity contribution is -0.122. The second-order valence-electron chi connectivity index (χ2n) is 5.45. The number of hydrogen-bond acceptors (Lipinski definition) is 3. The van der Waals surface area contributed by atoms with Crippen LogP contribution >= 0.6 is 11.6 Å². The van der Waals surface area contributed by atoms with Crippen molar-refractivity contribution < 1.29 is 14.3 Å². The molecule has 20 heavy (non-hydrogen) atoms. The first-order valence-corrected chi connectivity index (χ1v) is 6.56. The Balaban J connectivity index is 2.46. The molecule has 1 rings (SSSR count). The number of halogens is 1. The SMILES string of the molecule is Cc1cc(Cl)ccc1OCC(=O)NC(=O)NC(C)(C)C. The lowest BCUT2D eigenvalue weighted by Crippen LogP contribution is -2.49. The molecule has 0 heterocycles. The van der Waals surface area contributed by atoms with Crippen LogP contribution in [-0.2, 0) is 4.79 Å². The Kier molecular flexibility index (Phi) is 5.39. The smallest absolute Gasteiger partial charge is 0.321 e. The zero-order valence-electron chi connectivity index (χ0n) is 12.0. The molecule has 0 fully saturated rings. The molecule has 0 radical (unpaired) electrons. The van der Waals surface area contributed by atoms with Crippen molar-refractivity contribution in [1.82, 2.24) is 10.6 Å². The fourth-order valence-corrected chi connectivity index (χ4v) is 1.68. The predicted molar refractivity (Wildman–Crippen MR) is 78.1 cm³/mol. The highest BCUT2D eigenvalue weighted by atomic mass is 35.5. The van der Waals surface area contributed by atoms with Crippen LogP contribution < -0.4 is 15.4 Å². The van der Waals surface area contributed by atoms with Crippen LogP contribution in [0.2, 0.25) is 5.02 Å². The molecule has 5 nitrogen and oxygen atoms in total. The molecule has 3 amide bonds. The first-order chi connectivity index (χ1) is 9.17. The molecule has 0 spiro atoms. The quantitative estimate of drug-likeness (QED) is 0.901. The van der Waals surface area contributed by atoms with Crippen molar-refractivity contribution in [3.8, 4) is 5.75 Å². The topological polar surface area (TPSA) is 67.4 Å². The molecular formula is C14H19ClN2O3. The van der Waals surface area contributed by atoms with Crippen LogP contribution in [-0.4, -0.2) is 24.1 Å². The zero-order chi connectivity index (χ0) is 15.3. The van der Waals surface area contributed by atoms with E-state index in [-0.39, 0.29) is 6.61 Å². The molecule has 0 saturated heterocycles. The molecule has 110 valence electrons. The number of ether oxygens (including phenoxy) is 1. The van der Waals surface area contributed by atoms with Gasteiger partial charge in [0.2, 0.25) is 0 Å². The van der Waals surface area contributed by atoms with E-state index in [0.29, 0.717) is 10.8 Å². The van der Waals surface area contributed by atoms with Gasteiger partial charge in [0.25, 0.3) is 5.91 Å². The van der Waals surface area contributed by atoms with E-state index in [1.54, 1.807) is 18.2 Å². The summed E-state index contributed by atoms with van der Waals surface area (Å²) in [5.74, 6) is 0.0434. The van der Waals surface area contributed by atoms with Gasteiger partial charge in [-0.05, 0) is 51.5 Å². The first-order valence-electron chi connectivity index (χ1n) is 6.18. The molecule has 0 atom stereocenters. The van der Waals surface area contributed by atoms with E-state index in [0.717, 1.165) is 5.56 Å². The number of nitrogens with one attached hydrogen (secondary N) is 2. The molecule has 1 aromatic rings. The Morgan fingerprint density at radius 2 is 1.95 bits per heavy atom. The summed E-state index contributed by atoms with van der Waals surface area (Å²) in [5.41, 5.74) is 0.419. The van der Waals surface area contributed by atoms with E-state index >= 15 is 0 Å². The second-order valence-corrected chi connectivity index (χ2v) is 5.89. The molecular weight excluding hydrogens is 280 g/mol. The highest BCUT2D eigenvalue weighted by Gasteiger charge is 2.16. The van der Waals surface area contributed by atoms with E-state index in [1.807, 2.05) is 27.7 Å². The summed E-state index contributed by atoms with van der Waals surface area (Å²) in [4.78, 5) is 23.0. The van der Waals surface area contributed by atoms with Gasteiger partial charge in [-0.3, -0.25) is 10.1 Å². The molecule has 0 aromatic heterocycles. The summed E-state index contributed by atoms with van der Waals surface area (Å²) in [6, 6.07) is 4.55. The Morgan fingerprint density at radius 1 is 1.30 bits per heavy atom. The maximum absolute atomic E-state index is 11.6. The Labute approximate surface area is 123 Å². The van der Waals surface area contributed by atoms with Gasteiger partial charge in [-0.1, -0.05) is 11.6 Å². The van der Waals surface area contributed by atoms with Crippen molar-refractivity contribution in [3.05, 3.63) is 28.8 Å². The minimum absolute atomic E-state index is 0.236. The fourth-order valence-electron chi connectivity index (χ4n) is 1.45. The van der Waals surface area contributed by atoms with Gasteiger partial charge >= 0.3 is 6.03 Å². The number of hydrogen-bond donors (Lipinski definition) is 2. The monoisotopic (exact) mass is 298 g/mol. The maximum Gasteiger partial charge on any atom is 0.321 e. The van der Waals surface area contributed by atoms with Crippen LogP contribution in [0.15, 0.2) is 18.2 Å². The summed E-state index contributed by atoms with van der Waals surface area (Å²) in [5, 5.41) is 5.42. The molecule has 0 saturated carbocycles. The number of benzene rings is 1. The summed E-state index contributed by atoms with van der Waals surface area (Å²) in [6.45, 7) is 7.06. The fraction of sp³-hybridized carbons (Fsp3) is 0.429. The third-order valence-corrected chi connectivity index (χ3v) is 2.47. The van der Waals surface area contributed by atoms with Crippen LogP contribution in [0.4, 0.5) is 4.79 Å². The Morgan fingerprint density at radius 3 is 2.50 bits per heavy atom. The van der Waals surface area contributed by atoms with Gasteiger partial charge in [-0.25, -0.2) is 4.79 Å². The average molecular weight is 299 g/mol. The lowest BCUT2D eigenvalue weighted by atomic mass is 10.1. The van der Waals surface area contributed by atoms with Gasteiger partial charge in [0, 0.05) is 10.6 Å². The van der Waals surface area contributed by atoms with Crippen molar-refractivity contribution >= 4 is 23.5 Å². The van der Waals surface area contributed by atoms with Crippen LogP contribution in [0.1, 0.15) is 26.3 Å². The maximum atomic E-state index is 11.6. The predicted octanol–water partition coefficient (Wildman–Crippen LogP) is 2.65. The molecule has 0 bridgehead atoms. The number of imide groups is 1. The summed E-state index contributed by atoms with van der Waals surface area (Å²) in [6.07, 6.45) is 0. The highest BCUT2D eigenvalue weighted by Crippen LogP contribution is 2.21. The van der Waals surface area contributed by atoms with Crippen LogP contribution in [0, 0.1) is 6.92 Å². The first kappa shape index (κ1) is 16.3. The second kappa shape index (κ2) is 6.61. The van der Waals surface area contributed by atoms with Crippen molar-refractivity contribution in [3.63, 3.8) is 0 Å². The van der Waals surface area contributed by atoms with Crippen molar-refractivity contribution in [1.29, 1.82) is 0 Å². The largest absolute Gasteiger partial charge is 0.483 e. The molecule has 6 heteroatoms. The summed E-state index contributed by atoms with van der Waals surface area (Å²) < 4.78 is 5.33. The van der Waals surface area contributed by atoms with Gasteiger partial charge in [-0.15, -0.1) is 0 Å². The van der Waals surface area contributed by atoms with E-state index in [9.17, 15) is 9.59 Å². The Hall–Kier alpha value is -1.75. The third-order valence-electron chi connectivity index (χ3n) is 2.24. The molecule has 1 aromatic carbocycles. The van der Waals surface area contributed by atoms with Gasteiger partial charge in [0.05, 0.1) is 0 Å². The standard InChI is InChI=1S/C14H19ClN2O3/c1-9-7-10(15)5-6-11(9)20-8-12(18)16-13(19)17-14(2,3)4/h5-7H,8H2,1-4H3,(H2,16,17,18,19). The van der Waals surface area contributed by atoms with Gasteiger partial charge in [0.15, 0.2) is 6.61 Å². The molecule has 0 aliphatic rings. The summed E-state index contributed by atoms with van der Waals surface area (Å²) in [7, 11) is 0. The zero-order valence-corrected chi connectivity index (χ0v) is 12.8. The normalized spacial score (nSPS) is 10.8. The Bertz CT molecular complexity index is 510. The van der Waals surface area contributed by atoms with Crippen LogP contribution in [0.3, 0.4) is 0 Å². The van der Waals surface area contributed by atoms with Crippen molar-refractivity contribution in [2.45, 2.75) is 33.2 Å². The van der Waals surface area contributed by atoms with Crippen LogP contribution in [0.25, 0.3) is 0 Å². The van der Waals surface area contributed by atoms with Gasteiger partial charge in [0.1, 0.15) is 5.75 Å². The number of urea groups is 1. The van der Waals surface area contributed by atoms with Crippen molar-refractivity contribution in [2.24, 2.45) is 0 Å². The third kappa shape index (κ3) is 5.93. The van der Waals surface area contributed by atoms with Crippen LogP contribution in [0.5, 0.6) is 5.75 Å². The van der Waals surface area contributed by atoms with Gasteiger partial charge in [-0.2, -0.15) is 0 Å². The minimum atomic E-state index is -0.543. The molecule has 0 aliphatic heterocycles. The summed E-state index contributed by atoms with van der Waals surface area (Å²) >= 11 is 5.82. The number of aryl methyl sites for hydroxylation is 1. The molecule has 2 N–H and O–H groups in total. The molecule has 0 unspecified atom stereocenters. The number of amides is 3. The number of rotatable bonds is 3. The van der Waals surface area contributed by atoms with Gasteiger partial charge < -0.3 is 10.1 Å². The van der Waals surface area contributed by atoms with E-state index < -0.39 is 17.5 Å². The van der Waals surface area contributed by atoms with E-state index in [4.69, 9.17) is 16.3 Å². The molecule has 0 aliphatic carbocycles. The average Bonchev–Trinajstić information content (AvgIpc) is 2.24. The highest BCUT2D eigenvalue weighted by molar-refractivity contribution is 6.30. The number of carbonyl (C=O) groups is 2. The van der Waals surface area contributed by atoms with Crippen molar-refractivity contribution in [2.75, 3.05) is 6.61 Å². The lowest BCUT2D eigenvalue weighted by Gasteiger charge is -2.20. The van der Waals surface area contributed by atoms with E-state index in [1.165, 1.54) is 0 Å². The van der Waals surface area contributed by atoms with E-state index in [2.05, 4.69) is 10.6 Å². The number of carbonyl (C=O) groups excluding carboxylic acids is 2.